The number of carboxylic acids is 1. The van der Waals surface area contributed by atoms with Crippen LogP contribution in [0.25, 0.3) is 0 Å². The molecule has 0 radical (unpaired) electrons. The average Bonchev–Trinajstić information content (AvgIpc) is 2.24. The molecule has 0 saturated carbocycles. The van der Waals surface area contributed by atoms with E-state index in [0.717, 1.165) is 6.42 Å². The summed E-state index contributed by atoms with van der Waals surface area (Å²) in [6.45, 7) is 1.29. The summed E-state index contributed by atoms with van der Waals surface area (Å²) in [6, 6.07) is 4.69. The normalized spacial score (nSPS) is 10.1. The molecule has 5 heteroatoms. The van der Waals surface area contributed by atoms with Crippen molar-refractivity contribution in [1.29, 1.82) is 0 Å². The molecular weight excluding hydrogens is 208 g/mol. The third-order valence-corrected chi connectivity index (χ3v) is 2.11. The number of hydrogen-bond acceptors (Lipinski definition) is 4. The van der Waals surface area contributed by atoms with E-state index in [4.69, 9.17) is 15.6 Å². The van der Waals surface area contributed by atoms with Gasteiger partial charge in [-0.15, -0.1) is 0 Å². The van der Waals surface area contributed by atoms with Crippen LogP contribution >= 0.6 is 0 Å². The van der Waals surface area contributed by atoms with Gasteiger partial charge in [0.2, 0.25) is 0 Å². The predicted molar refractivity (Wildman–Crippen MR) is 62.8 cm³/mol. The number of methoxy groups -OCH3 is 1. The van der Waals surface area contributed by atoms with Crippen molar-refractivity contribution in [3.05, 3.63) is 23.8 Å². The number of benzene rings is 1. The number of anilines is 2. The molecule has 0 heterocycles. The van der Waals surface area contributed by atoms with E-state index in [1.54, 1.807) is 19.2 Å². The molecule has 0 saturated heterocycles. The molecule has 1 rings (SSSR count). The molecule has 0 aliphatic carbocycles. The first-order valence-corrected chi connectivity index (χ1v) is 5.00. The van der Waals surface area contributed by atoms with E-state index in [2.05, 4.69) is 5.32 Å². The summed E-state index contributed by atoms with van der Waals surface area (Å²) < 4.78 is 4.90. The lowest BCUT2D eigenvalue weighted by atomic mass is 10.1. The Balaban J connectivity index is 2.68. The Labute approximate surface area is 94.2 Å². The molecule has 0 spiro atoms. The van der Waals surface area contributed by atoms with Crippen LogP contribution in [0.3, 0.4) is 0 Å². The average molecular weight is 224 g/mol. The van der Waals surface area contributed by atoms with E-state index in [9.17, 15) is 4.79 Å². The minimum Gasteiger partial charge on any atom is -0.478 e. The lowest BCUT2D eigenvalue weighted by Crippen LogP contribution is -2.09. The molecule has 0 fully saturated rings. The van der Waals surface area contributed by atoms with Gasteiger partial charge in [-0.25, -0.2) is 4.79 Å². The van der Waals surface area contributed by atoms with Crippen LogP contribution < -0.4 is 11.1 Å². The highest BCUT2D eigenvalue weighted by Crippen LogP contribution is 2.19. The van der Waals surface area contributed by atoms with Gasteiger partial charge >= 0.3 is 5.97 Å². The highest BCUT2D eigenvalue weighted by molar-refractivity contribution is 5.95. The van der Waals surface area contributed by atoms with Gasteiger partial charge in [0.05, 0.1) is 11.3 Å². The van der Waals surface area contributed by atoms with Crippen molar-refractivity contribution < 1.29 is 14.6 Å². The maximum atomic E-state index is 10.9. The first-order valence-electron chi connectivity index (χ1n) is 5.00. The topological polar surface area (TPSA) is 84.6 Å². The van der Waals surface area contributed by atoms with E-state index in [-0.39, 0.29) is 5.56 Å². The summed E-state index contributed by atoms with van der Waals surface area (Å²) in [6.07, 6.45) is 0.810. The van der Waals surface area contributed by atoms with Crippen molar-refractivity contribution in [2.45, 2.75) is 6.42 Å². The summed E-state index contributed by atoms with van der Waals surface area (Å²) in [5.74, 6) is -0.964. The van der Waals surface area contributed by atoms with Gasteiger partial charge in [0.25, 0.3) is 0 Å². The number of aromatic carboxylic acids is 1. The Morgan fingerprint density at radius 2 is 2.31 bits per heavy atom. The maximum absolute atomic E-state index is 10.9. The fourth-order valence-corrected chi connectivity index (χ4v) is 1.33. The number of nitrogens with two attached hydrogens (primary N) is 1. The van der Waals surface area contributed by atoms with E-state index in [0.29, 0.717) is 24.5 Å². The molecule has 0 bridgehead atoms. The van der Waals surface area contributed by atoms with Crippen LogP contribution in [0.1, 0.15) is 16.8 Å². The van der Waals surface area contributed by atoms with Crippen molar-refractivity contribution in [3.8, 4) is 0 Å². The summed E-state index contributed by atoms with van der Waals surface area (Å²) in [7, 11) is 1.63. The fourth-order valence-electron chi connectivity index (χ4n) is 1.33. The van der Waals surface area contributed by atoms with Crippen LogP contribution in [-0.2, 0) is 4.74 Å². The van der Waals surface area contributed by atoms with Crippen molar-refractivity contribution >= 4 is 17.3 Å². The number of rotatable bonds is 6. The SMILES string of the molecule is COCCCNc1cc(N)ccc1C(=O)O. The van der Waals surface area contributed by atoms with Gasteiger partial charge in [-0.3, -0.25) is 0 Å². The quantitative estimate of drug-likeness (QED) is 0.502. The molecular formula is C11H16N2O3. The molecule has 88 valence electrons. The largest absolute Gasteiger partial charge is 0.478 e. The molecule has 0 amide bonds. The zero-order chi connectivity index (χ0) is 12.0. The maximum Gasteiger partial charge on any atom is 0.337 e. The monoisotopic (exact) mass is 224 g/mol. The van der Waals surface area contributed by atoms with Crippen LogP contribution in [0.5, 0.6) is 0 Å². The van der Waals surface area contributed by atoms with Crippen LogP contribution in [-0.4, -0.2) is 31.3 Å². The molecule has 0 aliphatic rings. The first kappa shape index (κ1) is 12.3. The highest BCUT2D eigenvalue weighted by atomic mass is 16.5. The van der Waals surface area contributed by atoms with E-state index in [1.807, 2.05) is 0 Å². The molecule has 5 nitrogen and oxygen atoms in total. The molecule has 0 atom stereocenters. The Morgan fingerprint density at radius 1 is 1.56 bits per heavy atom. The predicted octanol–water partition coefficient (Wildman–Crippen LogP) is 1.42. The highest BCUT2D eigenvalue weighted by Gasteiger charge is 2.09. The third-order valence-electron chi connectivity index (χ3n) is 2.11. The molecule has 0 aliphatic heterocycles. The van der Waals surface area contributed by atoms with Crippen LogP contribution in [0.4, 0.5) is 11.4 Å². The van der Waals surface area contributed by atoms with E-state index in [1.165, 1.54) is 6.07 Å². The van der Waals surface area contributed by atoms with Gasteiger partial charge in [0, 0.05) is 25.9 Å². The Hall–Kier alpha value is -1.75. The summed E-state index contributed by atoms with van der Waals surface area (Å²) >= 11 is 0. The Bertz CT molecular complexity index is 366. The first-order chi connectivity index (χ1) is 7.65. The number of ether oxygens (including phenoxy) is 1. The van der Waals surface area contributed by atoms with E-state index >= 15 is 0 Å². The van der Waals surface area contributed by atoms with Crippen LogP contribution in [0.15, 0.2) is 18.2 Å². The summed E-state index contributed by atoms with van der Waals surface area (Å²) in [5.41, 5.74) is 6.91. The number of carbonyl (C=O) groups is 1. The van der Waals surface area contributed by atoms with Gasteiger partial charge in [0.1, 0.15) is 0 Å². The zero-order valence-corrected chi connectivity index (χ0v) is 9.19. The second kappa shape index (κ2) is 5.97. The Morgan fingerprint density at radius 3 is 2.94 bits per heavy atom. The van der Waals surface area contributed by atoms with Gasteiger partial charge in [0.15, 0.2) is 0 Å². The summed E-state index contributed by atoms with van der Waals surface area (Å²) in [4.78, 5) is 10.9. The Kier molecular flexibility index (Phi) is 4.60. The van der Waals surface area contributed by atoms with Crippen molar-refractivity contribution in [1.82, 2.24) is 0 Å². The van der Waals surface area contributed by atoms with E-state index < -0.39 is 5.97 Å². The summed E-state index contributed by atoms with van der Waals surface area (Å²) in [5, 5.41) is 12.0. The van der Waals surface area contributed by atoms with Gasteiger partial charge in [-0.2, -0.15) is 0 Å². The second-order valence-electron chi connectivity index (χ2n) is 3.38. The number of nitrogens with one attached hydrogen (secondary N) is 1. The molecule has 1 aromatic carbocycles. The smallest absolute Gasteiger partial charge is 0.337 e. The van der Waals surface area contributed by atoms with Crippen LogP contribution in [0.2, 0.25) is 0 Å². The zero-order valence-electron chi connectivity index (χ0n) is 9.19. The molecule has 0 unspecified atom stereocenters. The number of hydrogen-bond donors (Lipinski definition) is 3. The molecule has 1 aromatic rings. The number of carboxylic acid groups (broad SMARTS) is 1. The van der Waals surface area contributed by atoms with Gasteiger partial charge < -0.3 is 20.9 Å². The minimum atomic E-state index is -0.964. The third kappa shape index (κ3) is 3.43. The minimum absolute atomic E-state index is 0.228. The van der Waals surface area contributed by atoms with Crippen molar-refractivity contribution in [3.63, 3.8) is 0 Å². The van der Waals surface area contributed by atoms with Crippen molar-refractivity contribution in [2.24, 2.45) is 0 Å². The lowest BCUT2D eigenvalue weighted by Gasteiger charge is -2.10. The fraction of sp³-hybridized carbons (Fsp3) is 0.364. The van der Waals surface area contributed by atoms with Crippen molar-refractivity contribution in [2.75, 3.05) is 31.3 Å². The second-order valence-corrected chi connectivity index (χ2v) is 3.38. The number of nitrogen functional groups attached to an aromatic ring is 1. The standard InChI is InChI=1S/C11H16N2O3/c1-16-6-2-5-13-10-7-8(12)3-4-9(10)11(14)15/h3-4,7,13H,2,5-6,12H2,1H3,(H,14,15). The lowest BCUT2D eigenvalue weighted by molar-refractivity contribution is 0.0698. The van der Waals surface area contributed by atoms with Gasteiger partial charge in [-0.05, 0) is 24.6 Å². The molecule has 4 N–H and O–H groups in total. The molecule has 16 heavy (non-hydrogen) atoms. The van der Waals surface area contributed by atoms with Crippen LogP contribution in [0, 0.1) is 0 Å². The molecule has 0 aromatic heterocycles. The van der Waals surface area contributed by atoms with Gasteiger partial charge in [-0.1, -0.05) is 0 Å².